The first-order valence-electron chi connectivity index (χ1n) is 6.74. The minimum absolute atomic E-state index is 0.168. The summed E-state index contributed by atoms with van der Waals surface area (Å²) in [5, 5.41) is 14.1. The second kappa shape index (κ2) is 6.52. The van der Waals surface area contributed by atoms with Crippen molar-refractivity contribution in [3.63, 3.8) is 0 Å². The molecule has 1 aromatic rings. The Labute approximate surface area is 113 Å². The highest BCUT2D eigenvalue weighted by Gasteiger charge is 2.21. The number of rotatable bonds is 8. The molecule has 1 fully saturated rings. The molecule has 0 bridgehead atoms. The number of aryl methyl sites for hydroxylation is 1. The van der Waals surface area contributed by atoms with Gasteiger partial charge in [0.15, 0.2) is 0 Å². The smallest absolute Gasteiger partial charge is 0.295 e. The summed E-state index contributed by atoms with van der Waals surface area (Å²) in [6, 6.07) is 5.33. The maximum Gasteiger partial charge on any atom is 0.295 e. The van der Waals surface area contributed by atoms with Crippen LogP contribution in [0.25, 0.3) is 0 Å². The summed E-state index contributed by atoms with van der Waals surface area (Å²) in [6.07, 6.45) is 3.46. The molecule has 0 spiro atoms. The lowest BCUT2D eigenvalue weighted by Gasteiger charge is -2.08. The normalized spacial score (nSPS) is 14.4. The van der Waals surface area contributed by atoms with E-state index in [4.69, 9.17) is 4.74 Å². The summed E-state index contributed by atoms with van der Waals surface area (Å²) in [7, 11) is 0. The largest absolute Gasteiger partial charge is 0.381 e. The Morgan fingerprint density at radius 2 is 2.26 bits per heavy atom. The van der Waals surface area contributed by atoms with Crippen molar-refractivity contribution in [1.82, 2.24) is 0 Å². The molecule has 104 valence electrons. The second-order valence-corrected chi connectivity index (χ2v) is 5.03. The molecule has 1 aliphatic carbocycles. The van der Waals surface area contributed by atoms with Crippen molar-refractivity contribution < 1.29 is 9.66 Å². The van der Waals surface area contributed by atoms with Gasteiger partial charge in [0.1, 0.15) is 5.69 Å². The highest BCUT2D eigenvalue weighted by Crippen LogP contribution is 2.29. The molecule has 0 radical (unpaired) electrons. The molecule has 5 nitrogen and oxygen atoms in total. The lowest BCUT2D eigenvalue weighted by atomic mass is 10.1. The summed E-state index contributed by atoms with van der Waals surface area (Å²) < 4.78 is 5.52. The van der Waals surface area contributed by atoms with Crippen LogP contribution < -0.4 is 5.32 Å². The molecule has 0 amide bonds. The summed E-state index contributed by atoms with van der Waals surface area (Å²) in [5.74, 6) is 0.783. The van der Waals surface area contributed by atoms with Gasteiger partial charge < -0.3 is 10.1 Å². The van der Waals surface area contributed by atoms with Gasteiger partial charge in [0.05, 0.1) is 4.92 Å². The van der Waals surface area contributed by atoms with Crippen molar-refractivity contribution in [1.29, 1.82) is 0 Å². The number of benzene rings is 1. The molecule has 0 aliphatic heterocycles. The van der Waals surface area contributed by atoms with E-state index in [9.17, 15) is 10.1 Å². The molecular weight excluding hydrogens is 244 g/mol. The molecule has 1 aliphatic rings. The standard InChI is InChI=1S/C14H20N2O3/c1-11-4-2-5-13(14(11)16(17)18)15-8-3-9-19-10-12-6-7-12/h2,4-5,12,15H,3,6-10H2,1H3. The van der Waals surface area contributed by atoms with Gasteiger partial charge in [-0.05, 0) is 38.2 Å². The predicted molar refractivity (Wildman–Crippen MR) is 74.5 cm³/mol. The van der Waals surface area contributed by atoms with Crippen molar-refractivity contribution in [3.8, 4) is 0 Å². The number of ether oxygens (including phenoxy) is 1. The van der Waals surface area contributed by atoms with Crippen LogP contribution in [-0.2, 0) is 4.74 Å². The van der Waals surface area contributed by atoms with Gasteiger partial charge in [-0.25, -0.2) is 0 Å². The van der Waals surface area contributed by atoms with Crippen LogP contribution in [0.3, 0.4) is 0 Å². The summed E-state index contributed by atoms with van der Waals surface area (Å²) in [6.45, 7) is 4.02. The predicted octanol–water partition coefficient (Wildman–Crippen LogP) is 3.13. The number of nitrogens with zero attached hydrogens (tertiary/aromatic N) is 1. The molecule has 1 saturated carbocycles. The van der Waals surface area contributed by atoms with Crippen molar-refractivity contribution >= 4 is 11.4 Å². The Morgan fingerprint density at radius 3 is 2.95 bits per heavy atom. The van der Waals surface area contributed by atoms with E-state index >= 15 is 0 Å². The average Bonchev–Trinajstić information content (AvgIpc) is 3.17. The fraction of sp³-hybridized carbons (Fsp3) is 0.571. The maximum atomic E-state index is 11.0. The summed E-state index contributed by atoms with van der Waals surface area (Å²) in [5.41, 5.74) is 1.44. The fourth-order valence-electron chi connectivity index (χ4n) is 1.98. The van der Waals surface area contributed by atoms with E-state index in [0.717, 1.165) is 18.9 Å². The highest BCUT2D eigenvalue weighted by atomic mass is 16.6. The molecular formula is C14H20N2O3. The molecule has 5 heteroatoms. The minimum atomic E-state index is -0.332. The number of nitro groups is 1. The highest BCUT2D eigenvalue weighted by molar-refractivity contribution is 5.64. The van der Waals surface area contributed by atoms with Crippen LogP contribution >= 0.6 is 0 Å². The molecule has 0 unspecified atom stereocenters. The lowest BCUT2D eigenvalue weighted by molar-refractivity contribution is -0.384. The fourth-order valence-corrected chi connectivity index (χ4v) is 1.98. The van der Waals surface area contributed by atoms with Crippen LogP contribution in [-0.4, -0.2) is 24.7 Å². The van der Waals surface area contributed by atoms with Crippen molar-refractivity contribution in [2.45, 2.75) is 26.2 Å². The zero-order valence-electron chi connectivity index (χ0n) is 11.2. The number of anilines is 1. The first-order valence-corrected chi connectivity index (χ1v) is 6.74. The lowest BCUT2D eigenvalue weighted by Crippen LogP contribution is -2.08. The molecule has 2 rings (SSSR count). The van der Waals surface area contributed by atoms with Gasteiger partial charge in [0.25, 0.3) is 5.69 Å². The van der Waals surface area contributed by atoms with Crippen LogP contribution in [0.5, 0.6) is 0 Å². The molecule has 1 N–H and O–H groups in total. The van der Waals surface area contributed by atoms with E-state index in [0.29, 0.717) is 24.4 Å². The third-order valence-electron chi connectivity index (χ3n) is 3.25. The van der Waals surface area contributed by atoms with E-state index in [1.807, 2.05) is 6.07 Å². The third kappa shape index (κ3) is 4.21. The molecule has 19 heavy (non-hydrogen) atoms. The van der Waals surface area contributed by atoms with E-state index in [1.54, 1.807) is 19.1 Å². The monoisotopic (exact) mass is 264 g/mol. The van der Waals surface area contributed by atoms with E-state index in [1.165, 1.54) is 12.8 Å². The molecule has 0 atom stereocenters. The Morgan fingerprint density at radius 1 is 1.47 bits per heavy atom. The van der Waals surface area contributed by atoms with Crippen molar-refractivity contribution in [2.75, 3.05) is 25.1 Å². The van der Waals surface area contributed by atoms with Gasteiger partial charge in [0, 0.05) is 25.3 Å². The van der Waals surface area contributed by atoms with Gasteiger partial charge >= 0.3 is 0 Å². The van der Waals surface area contributed by atoms with Gasteiger partial charge in [-0.15, -0.1) is 0 Å². The van der Waals surface area contributed by atoms with E-state index in [-0.39, 0.29) is 10.6 Å². The van der Waals surface area contributed by atoms with Gasteiger partial charge in [-0.1, -0.05) is 12.1 Å². The first-order chi connectivity index (χ1) is 9.18. The van der Waals surface area contributed by atoms with Gasteiger partial charge in [-0.3, -0.25) is 10.1 Å². The molecule has 0 heterocycles. The van der Waals surface area contributed by atoms with Crippen LogP contribution in [0, 0.1) is 23.0 Å². The summed E-state index contributed by atoms with van der Waals surface area (Å²) >= 11 is 0. The number of nitro benzene ring substituents is 1. The maximum absolute atomic E-state index is 11.0. The quantitative estimate of drug-likeness (QED) is 0.445. The molecule has 0 saturated heterocycles. The Balaban J connectivity index is 1.75. The Bertz CT molecular complexity index is 444. The van der Waals surface area contributed by atoms with E-state index in [2.05, 4.69) is 5.32 Å². The SMILES string of the molecule is Cc1cccc(NCCCOCC2CC2)c1[N+](=O)[O-]. The topological polar surface area (TPSA) is 64.4 Å². The van der Waals surface area contributed by atoms with Crippen LogP contribution in [0.15, 0.2) is 18.2 Å². The van der Waals surface area contributed by atoms with Gasteiger partial charge in [0.2, 0.25) is 0 Å². The van der Waals surface area contributed by atoms with Crippen LogP contribution in [0.4, 0.5) is 11.4 Å². The average molecular weight is 264 g/mol. The number of hydrogen-bond donors (Lipinski definition) is 1. The minimum Gasteiger partial charge on any atom is -0.381 e. The van der Waals surface area contributed by atoms with Crippen LogP contribution in [0.1, 0.15) is 24.8 Å². The number of para-hydroxylation sites is 1. The molecule has 0 aromatic heterocycles. The molecule has 1 aromatic carbocycles. The summed E-state index contributed by atoms with van der Waals surface area (Å²) in [4.78, 5) is 10.7. The first kappa shape index (κ1) is 13.8. The third-order valence-corrected chi connectivity index (χ3v) is 3.25. The van der Waals surface area contributed by atoms with Crippen LogP contribution in [0.2, 0.25) is 0 Å². The van der Waals surface area contributed by atoms with Gasteiger partial charge in [-0.2, -0.15) is 0 Å². The zero-order chi connectivity index (χ0) is 13.7. The number of nitrogens with one attached hydrogen (secondary N) is 1. The van der Waals surface area contributed by atoms with E-state index < -0.39 is 0 Å². The number of hydrogen-bond acceptors (Lipinski definition) is 4. The second-order valence-electron chi connectivity index (χ2n) is 5.03. The zero-order valence-corrected chi connectivity index (χ0v) is 11.2. The van der Waals surface area contributed by atoms with Crippen molar-refractivity contribution in [2.24, 2.45) is 5.92 Å². The Kier molecular flexibility index (Phi) is 4.74. The Hall–Kier alpha value is -1.62. The van der Waals surface area contributed by atoms with Crippen molar-refractivity contribution in [3.05, 3.63) is 33.9 Å².